The van der Waals surface area contributed by atoms with Crippen molar-refractivity contribution in [2.45, 2.75) is 52.5 Å². The third-order valence-electron chi connectivity index (χ3n) is 5.16. The molecule has 0 aliphatic heterocycles. The van der Waals surface area contributed by atoms with E-state index in [1.54, 1.807) is 0 Å². The molecule has 0 aromatic heterocycles. The number of rotatable bonds is 4. The van der Waals surface area contributed by atoms with E-state index in [-0.39, 0.29) is 5.41 Å². The quantitative estimate of drug-likeness (QED) is 0.760. The fourth-order valence-electron chi connectivity index (χ4n) is 3.94. The number of benzene rings is 1. The summed E-state index contributed by atoms with van der Waals surface area (Å²) in [4.78, 5) is 0. The Balaban J connectivity index is 2.18. The molecule has 0 spiro atoms. The standard InChI is InChI=1S/C18H27Cl2N/c1-12-8-9-14(16(10-12)21-4)18(2,3)11-13-6-5-7-15(19)17(13)20/h5-7,12,14,16,21H,8-11H2,1-4H3. The van der Waals surface area contributed by atoms with E-state index >= 15 is 0 Å². The molecule has 118 valence electrons. The molecule has 1 N–H and O–H groups in total. The van der Waals surface area contributed by atoms with Crippen LogP contribution in [0.15, 0.2) is 18.2 Å². The lowest BCUT2D eigenvalue weighted by Crippen LogP contribution is -2.46. The van der Waals surface area contributed by atoms with Gasteiger partial charge in [-0.1, -0.05) is 62.5 Å². The SMILES string of the molecule is CNC1CC(C)CCC1C(C)(C)Cc1cccc(Cl)c1Cl. The molecule has 3 heteroatoms. The third kappa shape index (κ3) is 3.94. The van der Waals surface area contributed by atoms with E-state index in [0.717, 1.165) is 17.4 Å². The predicted molar refractivity (Wildman–Crippen MR) is 93.3 cm³/mol. The first-order valence-corrected chi connectivity index (χ1v) is 8.71. The zero-order valence-corrected chi connectivity index (χ0v) is 15.1. The van der Waals surface area contributed by atoms with Gasteiger partial charge in [-0.05, 0) is 55.2 Å². The van der Waals surface area contributed by atoms with Gasteiger partial charge < -0.3 is 5.32 Å². The summed E-state index contributed by atoms with van der Waals surface area (Å²) in [5, 5.41) is 4.92. The number of halogens is 2. The summed E-state index contributed by atoms with van der Waals surface area (Å²) in [6.45, 7) is 7.10. The van der Waals surface area contributed by atoms with E-state index in [1.807, 2.05) is 12.1 Å². The number of hydrogen-bond acceptors (Lipinski definition) is 1. The lowest BCUT2D eigenvalue weighted by molar-refractivity contribution is 0.0981. The second kappa shape index (κ2) is 6.89. The van der Waals surface area contributed by atoms with E-state index < -0.39 is 0 Å². The van der Waals surface area contributed by atoms with Crippen LogP contribution in [-0.2, 0) is 6.42 Å². The van der Waals surface area contributed by atoms with Crippen LogP contribution in [-0.4, -0.2) is 13.1 Å². The predicted octanol–water partition coefficient (Wildman–Crippen LogP) is 5.59. The molecule has 1 aliphatic rings. The van der Waals surface area contributed by atoms with E-state index in [9.17, 15) is 0 Å². The van der Waals surface area contributed by atoms with Gasteiger partial charge in [0.2, 0.25) is 0 Å². The topological polar surface area (TPSA) is 12.0 Å². The van der Waals surface area contributed by atoms with Gasteiger partial charge in [0, 0.05) is 6.04 Å². The smallest absolute Gasteiger partial charge is 0.0624 e. The fourth-order valence-corrected chi connectivity index (χ4v) is 4.33. The first kappa shape index (κ1) is 17.1. The maximum Gasteiger partial charge on any atom is 0.0624 e. The molecular formula is C18H27Cl2N. The van der Waals surface area contributed by atoms with Crippen molar-refractivity contribution in [2.75, 3.05) is 7.05 Å². The first-order valence-electron chi connectivity index (χ1n) is 7.95. The molecule has 1 nitrogen and oxygen atoms in total. The molecule has 0 radical (unpaired) electrons. The lowest BCUT2D eigenvalue weighted by Gasteiger charge is -2.44. The van der Waals surface area contributed by atoms with Crippen molar-refractivity contribution in [2.24, 2.45) is 17.3 Å². The molecular weight excluding hydrogens is 301 g/mol. The minimum absolute atomic E-state index is 0.210. The lowest BCUT2D eigenvalue weighted by atomic mass is 9.64. The van der Waals surface area contributed by atoms with Crippen molar-refractivity contribution in [3.63, 3.8) is 0 Å². The molecule has 0 heterocycles. The van der Waals surface area contributed by atoms with Crippen LogP contribution >= 0.6 is 23.2 Å². The van der Waals surface area contributed by atoms with E-state index in [1.165, 1.54) is 24.8 Å². The summed E-state index contributed by atoms with van der Waals surface area (Å²) >= 11 is 12.5. The van der Waals surface area contributed by atoms with Gasteiger partial charge in [-0.2, -0.15) is 0 Å². The molecule has 3 unspecified atom stereocenters. The fraction of sp³-hybridized carbons (Fsp3) is 0.667. The molecule has 1 fully saturated rings. The normalized spacial score (nSPS) is 26.9. The molecule has 1 aromatic rings. The van der Waals surface area contributed by atoms with Gasteiger partial charge in [-0.25, -0.2) is 0 Å². The van der Waals surface area contributed by atoms with E-state index in [0.29, 0.717) is 17.0 Å². The van der Waals surface area contributed by atoms with Gasteiger partial charge in [0.1, 0.15) is 0 Å². The zero-order chi connectivity index (χ0) is 15.6. The highest BCUT2D eigenvalue weighted by Crippen LogP contribution is 2.43. The summed E-state index contributed by atoms with van der Waals surface area (Å²) in [7, 11) is 2.10. The van der Waals surface area contributed by atoms with Crippen LogP contribution in [0.1, 0.15) is 45.6 Å². The van der Waals surface area contributed by atoms with Crippen molar-refractivity contribution >= 4 is 23.2 Å². The van der Waals surface area contributed by atoms with Crippen molar-refractivity contribution in [3.8, 4) is 0 Å². The van der Waals surface area contributed by atoms with Crippen LogP contribution in [0.3, 0.4) is 0 Å². The van der Waals surface area contributed by atoms with Gasteiger partial charge >= 0.3 is 0 Å². The summed E-state index contributed by atoms with van der Waals surface area (Å²) in [6.07, 6.45) is 4.87. The summed E-state index contributed by atoms with van der Waals surface area (Å²) < 4.78 is 0. The van der Waals surface area contributed by atoms with Crippen molar-refractivity contribution in [3.05, 3.63) is 33.8 Å². The molecule has 3 atom stereocenters. The average Bonchev–Trinajstić information content (AvgIpc) is 2.43. The Morgan fingerprint density at radius 1 is 1.24 bits per heavy atom. The van der Waals surface area contributed by atoms with Crippen molar-refractivity contribution in [1.29, 1.82) is 0 Å². The molecule has 2 rings (SSSR count). The molecule has 0 amide bonds. The highest BCUT2D eigenvalue weighted by atomic mass is 35.5. The Kier molecular flexibility index (Phi) is 5.62. The average molecular weight is 328 g/mol. The van der Waals surface area contributed by atoms with Gasteiger partial charge in [-0.3, -0.25) is 0 Å². The van der Waals surface area contributed by atoms with Crippen LogP contribution in [0.2, 0.25) is 10.0 Å². The Labute approximate surface area is 139 Å². The summed E-state index contributed by atoms with van der Waals surface area (Å²) in [5.74, 6) is 1.50. The number of hydrogen-bond donors (Lipinski definition) is 1. The van der Waals surface area contributed by atoms with Gasteiger partial charge in [-0.15, -0.1) is 0 Å². The Morgan fingerprint density at radius 2 is 1.95 bits per heavy atom. The first-order chi connectivity index (χ1) is 9.85. The number of nitrogens with one attached hydrogen (secondary N) is 1. The monoisotopic (exact) mass is 327 g/mol. The molecule has 1 aliphatic carbocycles. The summed E-state index contributed by atoms with van der Waals surface area (Å²) in [6, 6.07) is 6.56. The van der Waals surface area contributed by atoms with E-state index in [2.05, 4.69) is 39.2 Å². The highest BCUT2D eigenvalue weighted by molar-refractivity contribution is 6.42. The highest BCUT2D eigenvalue weighted by Gasteiger charge is 2.38. The minimum atomic E-state index is 0.210. The molecule has 0 bridgehead atoms. The molecule has 0 saturated heterocycles. The van der Waals surface area contributed by atoms with Gasteiger partial charge in [0.15, 0.2) is 0 Å². The third-order valence-corrected chi connectivity index (χ3v) is 6.02. The van der Waals surface area contributed by atoms with Crippen molar-refractivity contribution < 1.29 is 0 Å². The molecule has 1 aromatic carbocycles. The Hall–Kier alpha value is -0.240. The second-order valence-corrected chi connectivity index (χ2v) is 8.08. The Bertz CT molecular complexity index is 484. The van der Waals surface area contributed by atoms with Crippen molar-refractivity contribution in [1.82, 2.24) is 5.32 Å². The second-order valence-electron chi connectivity index (χ2n) is 7.30. The largest absolute Gasteiger partial charge is 0.317 e. The maximum atomic E-state index is 6.38. The van der Waals surface area contributed by atoms with Gasteiger partial charge in [0.05, 0.1) is 10.0 Å². The summed E-state index contributed by atoms with van der Waals surface area (Å²) in [5.41, 5.74) is 1.38. The van der Waals surface area contributed by atoms with Crippen LogP contribution in [0.25, 0.3) is 0 Å². The van der Waals surface area contributed by atoms with Crippen LogP contribution in [0.5, 0.6) is 0 Å². The Morgan fingerprint density at radius 3 is 2.62 bits per heavy atom. The molecule has 1 saturated carbocycles. The van der Waals surface area contributed by atoms with Crippen LogP contribution in [0.4, 0.5) is 0 Å². The maximum absolute atomic E-state index is 6.38. The van der Waals surface area contributed by atoms with Crippen LogP contribution < -0.4 is 5.32 Å². The zero-order valence-electron chi connectivity index (χ0n) is 13.5. The van der Waals surface area contributed by atoms with Gasteiger partial charge in [0.25, 0.3) is 0 Å². The van der Waals surface area contributed by atoms with Crippen LogP contribution in [0, 0.1) is 17.3 Å². The minimum Gasteiger partial charge on any atom is -0.317 e. The molecule has 21 heavy (non-hydrogen) atoms. The van der Waals surface area contributed by atoms with E-state index in [4.69, 9.17) is 23.2 Å².